The van der Waals surface area contributed by atoms with E-state index in [1.54, 1.807) is 13.1 Å². The van der Waals surface area contributed by atoms with Gasteiger partial charge in [-0.25, -0.2) is 4.39 Å². The van der Waals surface area contributed by atoms with Crippen LogP contribution in [0.3, 0.4) is 0 Å². The van der Waals surface area contributed by atoms with E-state index in [1.165, 1.54) is 6.07 Å². The summed E-state index contributed by atoms with van der Waals surface area (Å²) in [7, 11) is 1.79. The molecule has 14 heavy (non-hydrogen) atoms. The number of nitrogens with one attached hydrogen (secondary N) is 1. The lowest BCUT2D eigenvalue weighted by molar-refractivity contribution is 0.624. The molecule has 0 saturated heterocycles. The molecule has 0 saturated carbocycles. The number of rotatable bonds is 1. The Morgan fingerprint density at radius 1 is 1.50 bits per heavy atom. The topological polar surface area (TPSA) is 38.0 Å². The summed E-state index contributed by atoms with van der Waals surface area (Å²) in [5.41, 5.74) is 7.25. The predicted octanol–water partition coefficient (Wildman–Crippen LogP) is 1.29. The third-order valence-electron chi connectivity index (χ3n) is 1.84. The minimum atomic E-state index is -0.364. The molecule has 0 aliphatic rings. The first-order valence-electron chi connectivity index (χ1n) is 4.34. The molecule has 0 aromatic heterocycles. The largest absolute Gasteiger partial charge is 0.398 e. The summed E-state index contributed by atoms with van der Waals surface area (Å²) in [6.07, 6.45) is 0. The van der Waals surface area contributed by atoms with Gasteiger partial charge in [-0.05, 0) is 31.7 Å². The summed E-state index contributed by atoms with van der Waals surface area (Å²) in [5, 5.41) is 2.86. The van der Waals surface area contributed by atoms with Crippen LogP contribution >= 0.6 is 0 Å². The van der Waals surface area contributed by atoms with Crippen LogP contribution in [0.4, 0.5) is 10.1 Å². The van der Waals surface area contributed by atoms with Gasteiger partial charge in [-0.1, -0.05) is 11.8 Å². The summed E-state index contributed by atoms with van der Waals surface area (Å²) in [6, 6.07) is 2.96. The number of nitrogen functional groups attached to an aromatic ring is 1. The highest BCUT2D eigenvalue weighted by Gasteiger charge is 2.02. The molecule has 0 atom stereocenters. The van der Waals surface area contributed by atoms with Crippen molar-refractivity contribution in [1.29, 1.82) is 0 Å². The van der Waals surface area contributed by atoms with Gasteiger partial charge in [0.15, 0.2) is 0 Å². The molecule has 1 rings (SSSR count). The van der Waals surface area contributed by atoms with Crippen LogP contribution in [0.15, 0.2) is 12.1 Å². The van der Waals surface area contributed by atoms with E-state index in [0.29, 0.717) is 17.8 Å². The van der Waals surface area contributed by atoms with E-state index >= 15 is 0 Å². The van der Waals surface area contributed by atoms with E-state index in [-0.39, 0.29) is 5.82 Å². The first-order valence-corrected chi connectivity index (χ1v) is 4.34. The van der Waals surface area contributed by atoms with Crippen molar-refractivity contribution in [2.75, 3.05) is 19.3 Å². The third kappa shape index (κ3) is 2.48. The number of aryl methyl sites for hydroxylation is 1. The van der Waals surface area contributed by atoms with Gasteiger partial charge in [-0.2, -0.15) is 0 Å². The van der Waals surface area contributed by atoms with E-state index in [0.717, 1.165) is 5.56 Å². The van der Waals surface area contributed by atoms with Crippen molar-refractivity contribution < 1.29 is 4.39 Å². The zero-order valence-corrected chi connectivity index (χ0v) is 8.32. The second-order valence-electron chi connectivity index (χ2n) is 3.02. The molecule has 0 aliphatic carbocycles. The fourth-order valence-corrected chi connectivity index (χ4v) is 1.02. The fourth-order valence-electron chi connectivity index (χ4n) is 1.02. The fraction of sp³-hybridized carbons (Fsp3) is 0.273. The number of benzene rings is 1. The quantitative estimate of drug-likeness (QED) is 0.519. The molecule has 3 heteroatoms. The maximum absolute atomic E-state index is 13.3. The zero-order valence-electron chi connectivity index (χ0n) is 8.32. The van der Waals surface area contributed by atoms with E-state index < -0.39 is 0 Å². The van der Waals surface area contributed by atoms with Gasteiger partial charge in [0, 0.05) is 5.69 Å². The summed E-state index contributed by atoms with van der Waals surface area (Å²) in [5.74, 6) is 5.17. The molecule has 0 amide bonds. The second kappa shape index (κ2) is 4.64. The standard InChI is InChI=1S/C11H13FN2/c1-8-6-9(4-3-5-14-2)10(12)7-11(8)13/h6-7,14H,5,13H2,1-2H3. The molecular weight excluding hydrogens is 179 g/mol. The molecule has 0 bridgehead atoms. The second-order valence-corrected chi connectivity index (χ2v) is 3.02. The number of hydrogen-bond donors (Lipinski definition) is 2. The van der Waals surface area contributed by atoms with Crippen molar-refractivity contribution in [3.63, 3.8) is 0 Å². The summed E-state index contributed by atoms with van der Waals surface area (Å²) in [4.78, 5) is 0. The van der Waals surface area contributed by atoms with Crippen LogP contribution in [0.1, 0.15) is 11.1 Å². The van der Waals surface area contributed by atoms with Crippen LogP contribution in [-0.4, -0.2) is 13.6 Å². The van der Waals surface area contributed by atoms with Crippen LogP contribution in [0.2, 0.25) is 0 Å². The summed E-state index contributed by atoms with van der Waals surface area (Å²) < 4.78 is 13.3. The SMILES string of the molecule is CNCC#Cc1cc(C)c(N)cc1F. The molecule has 0 fully saturated rings. The molecule has 3 N–H and O–H groups in total. The Labute approximate surface area is 83.3 Å². The third-order valence-corrected chi connectivity index (χ3v) is 1.84. The first-order chi connectivity index (χ1) is 6.65. The average Bonchev–Trinajstić information content (AvgIpc) is 2.14. The summed E-state index contributed by atoms with van der Waals surface area (Å²) in [6.45, 7) is 2.38. The smallest absolute Gasteiger partial charge is 0.140 e. The Balaban J connectivity index is 3.00. The van der Waals surface area contributed by atoms with E-state index in [4.69, 9.17) is 5.73 Å². The van der Waals surface area contributed by atoms with Crippen LogP contribution in [0.5, 0.6) is 0 Å². The molecular formula is C11H13FN2. The van der Waals surface area contributed by atoms with Crippen molar-refractivity contribution in [2.45, 2.75) is 6.92 Å². The molecule has 1 aromatic rings. The van der Waals surface area contributed by atoms with Crippen LogP contribution in [-0.2, 0) is 0 Å². The number of anilines is 1. The molecule has 1 aromatic carbocycles. The van der Waals surface area contributed by atoms with E-state index in [1.807, 2.05) is 6.92 Å². The van der Waals surface area contributed by atoms with Crippen LogP contribution in [0.25, 0.3) is 0 Å². The van der Waals surface area contributed by atoms with Gasteiger partial charge in [0.25, 0.3) is 0 Å². The van der Waals surface area contributed by atoms with Crippen molar-refractivity contribution in [3.8, 4) is 11.8 Å². The van der Waals surface area contributed by atoms with Crippen molar-refractivity contribution in [2.24, 2.45) is 0 Å². The van der Waals surface area contributed by atoms with Crippen LogP contribution < -0.4 is 11.1 Å². The lowest BCUT2D eigenvalue weighted by atomic mass is 10.1. The van der Waals surface area contributed by atoms with Gasteiger partial charge < -0.3 is 11.1 Å². The Morgan fingerprint density at radius 3 is 2.86 bits per heavy atom. The summed E-state index contributed by atoms with van der Waals surface area (Å²) >= 11 is 0. The number of nitrogens with two attached hydrogens (primary N) is 1. The maximum atomic E-state index is 13.3. The highest BCUT2D eigenvalue weighted by atomic mass is 19.1. The zero-order chi connectivity index (χ0) is 10.6. The average molecular weight is 192 g/mol. The lowest BCUT2D eigenvalue weighted by Gasteiger charge is -2.01. The molecule has 0 radical (unpaired) electrons. The molecule has 0 spiro atoms. The van der Waals surface area contributed by atoms with E-state index in [2.05, 4.69) is 17.2 Å². The Bertz CT molecular complexity index is 388. The molecule has 74 valence electrons. The Morgan fingerprint density at radius 2 is 2.21 bits per heavy atom. The molecule has 0 aliphatic heterocycles. The highest BCUT2D eigenvalue weighted by Crippen LogP contribution is 2.15. The lowest BCUT2D eigenvalue weighted by Crippen LogP contribution is -2.04. The van der Waals surface area contributed by atoms with Crippen molar-refractivity contribution in [3.05, 3.63) is 29.1 Å². The van der Waals surface area contributed by atoms with Gasteiger partial charge >= 0.3 is 0 Å². The van der Waals surface area contributed by atoms with Crippen LogP contribution in [0, 0.1) is 24.6 Å². The molecule has 0 heterocycles. The molecule has 0 unspecified atom stereocenters. The van der Waals surface area contributed by atoms with Gasteiger partial charge in [0.1, 0.15) is 5.82 Å². The maximum Gasteiger partial charge on any atom is 0.140 e. The van der Waals surface area contributed by atoms with Crippen molar-refractivity contribution >= 4 is 5.69 Å². The van der Waals surface area contributed by atoms with Crippen molar-refractivity contribution in [1.82, 2.24) is 5.32 Å². The molecule has 2 nitrogen and oxygen atoms in total. The minimum absolute atomic E-state index is 0.364. The van der Waals surface area contributed by atoms with Gasteiger partial charge in [-0.3, -0.25) is 0 Å². The Hall–Kier alpha value is -1.53. The monoisotopic (exact) mass is 192 g/mol. The number of halogens is 1. The number of hydrogen-bond acceptors (Lipinski definition) is 2. The van der Waals surface area contributed by atoms with E-state index in [9.17, 15) is 4.39 Å². The normalized spacial score (nSPS) is 9.36. The first kappa shape index (κ1) is 10.6. The highest BCUT2D eigenvalue weighted by molar-refractivity contribution is 5.52. The minimum Gasteiger partial charge on any atom is -0.398 e. The van der Waals surface area contributed by atoms with Gasteiger partial charge in [0.2, 0.25) is 0 Å². The Kier molecular flexibility index (Phi) is 3.49. The van der Waals surface area contributed by atoms with Gasteiger partial charge in [-0.15, -0.1) is 0 Å². The van der Waals surface area contributed by atoms with Gasteiger partial charge in [0.05, 0.1) is 12.1 Å². The predicted molar refractivity (Wildman–Crippen MR) is 56.4 cm³/mol.